The van der Waals surface area contributed by atoms with Gasteiger partial charge in [-0.1, -0.05) is 0 Å². The molecular formula is C22H27N7O2. The third-order valence-corrected chi connectivity index (χ3v) is 5.85. The average Bonchev–Trinajstić information content (AvgIpc) is 3.09. The van der Waals surface area contributed by atoms with Crippen molar-refractivity contribution in [2.45, 2.75) is 45.3 Å². The topological polar surface area (TPSA) is 96.7 Å². The van der Waals surface area contributed by atoms with E-state index in [9.17, 15) is 4.79 Å². The van der Waals surface area contributed by atoms with E-state index in [1.54, 1.807) is 12.3 Å². The molecule has 1 saturated carbocycles. The first kappa shape index (κ1) is 19.7. The minimum atomic E-state index is -0.277. The normalized spacial score (nSPS) is 19.3. The minimum absolute atomic E-state index is 0.158. The molecule has 1 aliphatic heterocycles. The highest BCUT2D eigenvalue weighted by Crippen LogP contribution is 2.29. The summed E-state index contributed by atoms with van der Waals surface area (Å²) in [5, 5.41) is 14.8. The van der Waals surface area contributed by atoms with Crippen LogP contribution >= 0.6 is 0 Å². The molecule has 1 amide bonds. The minimum Gasteiger partial charge on any atom is -0.489 e. The number of aryl methyl sites for hydroxylation is 1. The van der Waals surface area contributed by atoms with Gasteiger partial charge >= 0.3 is 0 Å². The van der Waals surface area contributed by atoms with Crippen LogP contribution in [0, 0.1) is 6.92 Å². The second kappa shape index (κ2) is 8.14. The number of rotatable bonds is 5. The SMILES string of the molecule is Cc1cn2cc(C(=O)Nc3ccc(N4CCNC(C)C4)nn3)c(OC3CCC3)cc2n1. The number of fused-ring (bicyclic) bond motifs is 1. The summed E-state index contributed by atoms with van der Waals surface area (Å²) in [7, 11) is 0. The van der Waals surface area contributed by atoms with Crippen molar-refractivity contribution in [2.75, 3.05) is 29.9 Å². The lowest BCUT2D eigenvalue weighted by Crippen LogP contribution is -2.49. The molecule has 1 atom stereocenters. The van der Waals surface area contributed by atoms with Crippen molar-refractivity contribution >= 4 is 23.2 Å². The predicted octanol–water partition coefficient (Wildman–Crippen LogP) is 2.41. The van der Waals surface area contributed by atoms with Crippen molar-refractivity contribution in [1.29, 1.82) is 0 Å². The van der Waals surface area contributed by atoms with E-state index in [-0.39, 0.29) is 12.0 Å². The molecule has 1 saturated heterocycles. The van der Waals surface area contributed by atoms with E-state index >= 15 is 0 Å². The Bertz CT molecular complexity index is 1090. The first-order valence-corrected chi connectivity index (χ1v) is 10.8. The highest BCUT2D eigenvalue weighted by Gasteiger charge is 2.24. The van der Waals surface area contributed by atoms with Crippen LogP contribution in [0.15, 0.2) is 30.6 Å². The van der Waals surface area contributed by atoms with Crippen molar-refractivity contribution in [1.82, 2.24) is 24.9 Å². The van der Waals surface area contributed by atoms with Crippen LogP contribution in [0.2, 0.25) is 0 Å². The van der Waals surface area contributed by atoms with Gasteiger partial charge in [-0.15, -0.1) is 10.2 Å². The fourth-order valence-corrected chi connectivity index (χ4v) is 3.96. The largest absolute Gasteiger partial charge is 0.489 e. The number of hydrogen-bond acceptors (Lipinski definition) is 7. The number of carbonyl (C=O) groups is 1. The molecule has 5 rings (SSSR count). The van der Waals surface area contributed by atoms with Crippen LogP contribution in [0.5, 0.6) is 5.75 Å². The second-order valence-electron chi connectivity index (χ2n) is 8.40. The summed E-state index contributed by atoms with van der Waals surface area (Å²) in [4.78, 5) is 19.8. The second-order valence-corrected chi connectivity index (χ2v) is 8.40. The van der Waals surface area contributed by atoms with Crippen LogP contribution in [0.25, 0.3) is 5.65 Å². The van der Waals surface area contributed by atoms with E-state index in [4.69, 9.17) is 4.74 Å². The Kier molecular flexibility index (Phi) is 5.19. The maximum atomic E-state index is 13.1. The predicted molar refractivity (Wildman–Crippen MR) is 118 cm³/mol. The number of anilines is 2. The average molecular weight is 422 g/mol. The molecule has 0 radical (unpaired) electrons. The number of pyridine rings is 1. The van der Waals surface area contributed by atoms with Gasteiger partial charge in [0, 0.05) is 44.1 Å². The zero-order valence-corrected chi connectivity index (χ0v) is 17.8. The Labute approximate surface area is 180 Å². The molecule has 3 aromatic rings. The van der Waals surface area contributed by atoms with Crippen molar-refractivity contribution in [2.24, 2.45) is 0 Å². The van der Waals surface area contributed by atoms with E-state index in [0.717, 1.165) is 56.1 Å². The Morgan fingerprint density at radius 3 is 2.84 bits per heavy atom. The smallest absolute Gasteiger partial charge is 0.262 e. The number of nitrogens with one attached hydrogen (secondary N) is 2. The van der Waals surface area contributed by atoms with E-state index in [1.807, 2.05) is 29.7 Å². The Morgan fingerprint density at radius 2 is 2.13 bits per heavy atom. The molecule has 4 heterocycles. The zero-order chi connectivity index (χ0) is 21.4. The standard InChI is InChI=1S/C22H27N7O2/c1-14-11-28(9-8-23-14)20-7-6-19(26-27-20)25-22(30)17-13-29-12-15(2)24-21(29)10-18(17)31-16-4-3-5-16/h6-7,10,12-14,16,23H,3-5,8-9,11H2,1-2H3,(H,25,26,30). The van der Waals surface area contributed by atoms with Crippen molar-refractivity contribution in [3.8, 4) is 5.75 Å². The number of piperazine rings is 1. The van der Waals surface area contributed by atoms with Crippen molar-refractivity contribution in [3.05, 3.63) is 41.9 Å². The van der Waals surface area contributed by atoms with Gasteiger partial charge in [0.25, 0.3) is 5.91 Å². The van der Waals surface area contributed by atoms with E-state index in [0.29, 0.717) is 23.2 Å². The van der Waals surface area contributed by atoms with Gasteiger partial charge in [0.1, 0.15) is 11.4 Å². The van der Waals surface area contributed by atoms with Gasteiger partial charge in [-0.2, -0.15) is 0 Å². The number of amides is 1. The summed E-state index contributed by atoms with van der Waals surface area (Å²) in [5.74, 6) is 1.50. The number of aromatic nitrogens is 4. The third kappa shape index (κ3) is 4.18. The van der Waals surface area contributed by atoms with Crippen molar-refractivity contribution < 1.29 is 9.53 Å². The highest BCUT2D eigenvalue weighted by molar-refractivity contribution is 6.05. The van der Waals surface area contributed by atoms with Crippen LogP contribution in [0.4, 0.5) is 11.6 Å². The molecule has 162 valence electrons. The summed E-state index contributed by atoms with van der Waals surface area (Å²) in [5.41, 5.74) is 2.10. The first-order chi connectivity index (χ1) is 15.0. The lowest BCUT2D eigenvalue weighted by molar-refractivity contribution is 0.0990. The molecule has 2 N–H and O–H groups in total. The highest BCUT2D eigenvalue weighted by atomic mass is 16.5. The van der Waals surface area contributed by atoms with E-state index in [1.165, 1.54) is 0 Å². The summed E-state index contributed by atoms with van der Waals surface area (Å²) in [6, 6.07) is 5.93. The summed E-state index contributed by atoms with van der Waals surface area (Å²) >= 11 is 0. The molecule has 0 spiro atoms. The van der Waals surface area contributed by atoms with Gasteiger partial charge < -0.3 is 24.7 Å². The number of nitrogens with zero attached hydrogens (tertiary/aromatic N) is 5. The van der Waals surface area contributed by atoms with E-state index < -0.39 is 0 Å². The number of hydrogen-bond donors (Lipinski definition) is 2. The lowest BCUT2D eigenvalue weighted by atomic mass is 9.96. The first-order valence-electron chi connectivity index (χ1n) is 10.8. The number of ether oxygens (including phenoxy) is 1. The van der Waals surface area contributed by atoms with E-state index in [2.05, 4.69) is 37.6 Å². The summed E-state index contributed by atoms with van der Waals surface area (Å²) in [6.45, 7) is 6.76. The van der Waals surface area contributed by atoms with Gasteiger partial charge in [-0.05, 0) is 45.2 Å². The monoisotopic (exact) mass is 421 g/mol. The fourth-order valence-electron chi connectivity index (χ4n) is 3.96. The number of imidazole rings is 1. The fraction of sp³-hybridized carbons (Fsp3) is 0.455. The molecule has 9 heteroatoms. The molecule has 2 fully saturated rings. The Hall–Kier alpha value is -3.20. The quantitative estimate of drug-likeness (QED) is 0.653. The van der Waals surface area contributed by atoms with Gasteiger partial charge in [0.05, 0.1) is 17.4 Å². The Balaban J connectivity index is 1.36. The van der Waals surface area contributed by atoms with Gasteiger partial charge in [0.15, 0.2) is 11.6 Å². The van der Waals surface area contributed by atoms with Crippen molar-refractivity contribution in [3.63, 3.8) is 0 Å². The molecule has 0 aromatic carbocycles. The van der Waals surface area contributed by atoms with Crippen LogP contribution in [-0.4, -0.2) is 57.3 Å². The van der Waals surface area contributed by atoms with Crippen LogP contribution in [-0.2, 0) is 0 Å². The molecular weight excluding hydrogens is 394 g/mol. The number of carbonyl (C=O) groups excluding carboxylic acids is 1. The molecule has 2 aliphatic rings. The molecule has 9 nitrogen and oxygen atoms in total. The van der Waals surface area contributed by atoms with Gasteiger partial charge in [0.2, 0.25) is 0 Å². The van der Waals surface area contributed by atoms with Crippen LogP contribution in [0.3, 0.4) is 0 Å². The zero-order valence-electron chi connectivity index (χ0n) is 17.8. The third-order valence-electron chi connectivity index (χ3n) is 5.85. The molecule has 1 unspecified atom stereocenters. The van der Waals surface area contributed by atoms with Crippen LogP contribution < -0.4 is 20.3 Å². The summed E-state index contributed by atoms with van der Waals surface area (Å²) < 4.78 is 7.95. The summed E-state index contributed by atoms with van der Waals surface area (Å²) in [6.07, 6.45) is 7.00. The Morgan fingerprint density at radius 1 is 1.26 bits per heavy atom. The van der Waals surface area contributed by atoms with Gasteiger partial charge in [-0.25, -0.2) is 4.98 Å². The molecule has 1 aliphatic carbocycles. The maximum Gasteiger partial charge on any atom is 0.262 e. The molecule has 3 aromatic heterocycles. The van der Waals surface area contributed by atoms with Crippen LogP contribution in [0.1, 0.15) is 42.2 Å². The molecule has 0 bridgehead atoms. The maximum absolute atomic E-state index is 13.1. The van der Waals surface area contributed by atoms with Gasteiger partial charge in [-0.3, -0.25) is 4.79 Å². The molecule has 31 heavy (non-hydrogen) atoms. The lowest BCUT2D eigenvalue weighted by Gasteiger charge is -2.32.